The molecule has 1 unspecified atom stereocenters. The molecule has 2 aliphatic rings. The normalized spacial score (nSPS) is 21.2. The van der Waals surface area contributed by atoms with Gasteiger partial charge in [-0.3, -0.25) is 0 Å². The second-order valence-electron chi connectivity index (χ2n) is 5.68. The highest BCUT2D eigenvalue weighted by Gasteiger charge is 2.26. The van der Waals surface area contributed by atoms with Crippen LogP contribution in [0.25, 0.3) is 0 Å². The summed E-state index contributed by atoms with van der Waals surface area (Å²) in [6, 6.07) is 4.59. The summed E-state index contributed by atoms with van der Waals surface area (Å²) in [7, 11) is 4.26. The Morgan fingerprint density at radius 2 is 2.28 bits per heavy atom. The Morgan fingerprint density at radius 1 is 1.39 bits per heavy atom. The molecule has 3 rings (SSSR count). The van der Waals surface area contributed by atoms with Crippen molar-refractivity contribution in [3.05, 3.63) is 23.3 Å². The third kappa shape index (κ3) is 2.19. The highest BCUT2D eigenvalue weighted by molar-refractivity contribution is 5.60. The summed E-state index contributed by atoms with van der Waals surface area (Å²) in [5.74, 6) is 1.69. The maximum atomic E-state index is 5.86. The number of anilines is 1. The molecule has 1 N–H and O–H groups in total. The minimum absolute atomic E-state index is 0.566. The van der Waals surface area contributed by atoms with E-state index in [2.05, 4.69) is 36.4 Å². The van der Waals surface area contributed by atoms with Gasteiger partial charge in [-0.25, -0.2) is 0 Å². The number of hydrogen-bond donors (Lipinski definition) is 1. The predicted molar refractivity (Wildman–Crippen MR) is 74.7 cm³/mol. The van der Waals surface area contributed by atoms with Crippen molar-refractivity contribution in [2.24, 2.45) is 0 Å². The average molecular weight is 246 g/mol. The van der Waals surface area contributed by atoms with Gasteiger partial charge in [-0.1, -0.05) is 0 Å². The Hall–Kier alpha value is -1.22. The standard InChI is InChI=1S/C15H22N2O/c1-17(2)7-5-12-10-18-15-8-11-4-3-6-16-14(11)9-13(12)15/h8-9,12,16H,3-7,10H2,1-2H3. The fourth-order valence-corrected chi connectivity index (χ4v) is 2.89. The molecule has 1 aromatic carbocycles. The lowest BCUT2D eigenvalue weighted by Crippen LogP contribution is -2.16. The van der Waals surface area contributed by atoms with Gasteiger partial charge in [-0.05, 0) is 57.6 Å². The fourth-order valence-electron chi connectivity index (χ4n) is 2.89. The van der Waals surface area contributed by atoms with Gasteiger partial charge >= 0.3 is 0 Å². The van der Waals surface area contributed by atoms with Crippen LogP contribution in [0.4, 0.5) is 5.69 Å². The van der Waals surface area contributed by atoms with Crippen molar-refractivity contribution in [1.29, 1.82) is 0 Å². The first kappa shape index (κ1) is 11.8. The predicted octanol–water partition coefficient (Wildman–Crippen LogP) is 2.47. The molecule has 0 saturated heterocycles. The van der Waals surface area contributed by atoms with E-state index in [1.165, 1.54) is 36.1 Å². The van der Waals surface area contributed by atoms with Gasteiger partial charge < -0.3 is 15.0 Å². The molecule has 3 nitrogen and oxygen atoms in total. The first-order valence-corrected chi connectivity index (χ1v) is 6.92. The summed E-state index contributed by atoms with van der Waals surface area (Å²) < 4.78 is 5.86. The number of rotatable bonds is 3. The highest BCUT2D eigenvalue weighted by Crippen LogP contribution is 2.40. The zero-order valence-corrected chi connectivity index (χ0v) is 11.3. The van der Waals surface area contributed by atoms with Crippen molar-refractivity contribution in [2.45, 2.75) is 25.2 Å². The maximum absolute atomic E-state index is 5.86. The van der Waals surface area contributed by atoms with Crippen LogP contribution < -0.4 is 10.1 Å². The molecule has 0 amide bonds. The minimum Gasteiger partial charge on any atom is -0.493 e. The Balaban J connectivity index is 1.82. The van der Waals surface area contributed by atoms with E-state index in [1.807, 2.05) is 0 Å². The monoisotopic (exact) mass is 246 g/mol. The van der Waals surface area contributed by atoms with E-state index in [1.54, 1.807) is 0 Å². The third-order valence-electron chi connectivity index (χ3n) is 3.98. The number of nitrogens with zero attached hydrogens (tertiary/aromatic N) is 1. The van der Waals surface area contributed by atoms with E-state index in [0.29, 0.717) is 5.92 Å². The Morgan fingerprint density at radius 3 is 3.11 bits per heavy atom. The average Bonchev–Trinajstić information content (AvgIpc) is 2.76. The summed E-state index contributed by atoms with van der Waals surface area (Å²) in [4.78, 5) is 2.24. The summed E-state index contributed by atoms with van der Waals surface area (Å²) in [5, 5.41) is 3.51. The fraction of sp³-hybridized carbons (Fsp3) is 0.600. The summed E-state index contributed by atoms with van der Waals surface area (Å²) in [6.45, 7) is 3.08. The molecule has 0 fully saturated rings. The zero-order valence-electron chi connectivity index (χ0n) is 11.3. The SMILES string of the molecule is CN(C)CCC1COc2cc3c(cc21)NCCC3. The summed E-state index contributed by atoms with van der Waals surface area (Å²) in [5.41, 5.74) is 4.17. The van der Waals surface area contributed by atoms with E-state index in [0.717, 1.165) is 25.4 Å². The molecule has 1 atom stereocenters. The van der Waals surface area contributed by atoms with Crippen LogP contribution in [-0.2, 0) is 6.42 Å². The molecule has 0 spiro atoms. The van der Waals surface area contributed by atoms with Crippen LogP contribution in [0.3, 0.4) is 0 Å². The van der Waals surface area contributed by atoms with E-state index >= 15 is 0 Å². The van der Waals surface area contributed by atoms with Crippen LogP contribution in [-0.4, -0.2) is 38.7 Å². The summed E-state index contributed by atoms with van der Waals surface area (Å²) >= 11 is 0. The number of fused-ring (bicyclic) bond motifs is 2. The Kier molecular flexibility index (Phi) is 3.16. The highest BCUT2D eigenvalue weighted by atomic mass is 16.5. The van der Waals surface area contributed by atoms with Gasteiger partial charge in [0.1, 0.15) is 5.75 Å². The van der Waals surface area contributed by atoms with Crippen LogP contribution in [0.1, 0.15) is 29.9 Å². The van der Waals surface area contributed by atoms with Gasteiger partial charge in [0.2, 0.25) is 0 Å². The number of benzene rings is 1. The van der Waals surface area contributed by atoms with Crippen LogP contribution in [0, 0.1) is 0 Å². The molecule has 2 aliphatic heterocycles. The van der Waals surface area contributed by atoms with Crippen LogP contribution >= 0.6 is 0 Å². The molecule has 18 heavy (non-hydrogen) atoms. The van der Waals surface area contributed by atoms with E-state index in [9.17, 15) is 0 Å². The summed E-state index contributed by atoms with van der Waals surface area (Å²) in [6.07, 6.45) is 3.59. The molecule has 3 heteroatoms. The molecular weight excluding hydrogens is 224 g/mol. The molecule has 0 radical (unpaired) electrons. The van der Waals surface area contributed by atoms with Crippen molar-refractivity contribution in [2.75, 3.05) is 39.1 Å². The topological polar surface area (TPSA) is 24.5 Å². The molecule has 0 saturated carbocycles. The third-order valence-corrected chi connectivity index (χ3v) is 3.98. The van der Waals surface area contributed by atoms with Crippen molar-refractivity contribution in [1.82, 2.24) is 4.90 Å². The van der Waals surface area contributed by atoms with Crippen LogP contribution in [0.2, 0.25) is 0 Å². The first-order chi connectivity index (χ1) is 8.74. The number of hydrogen-bond acceptors (Lipinski definition) is 3. The smallest absolute Gasteiger partial charge is 0.123 e. The number of nitrogens with one attached hydrogen (secondary N) is 1. The number of aryl methyl sites for hydroxylation is 1. The van der Waals surface area contributed by atoms with Gasteiger partial charge in [-0.15, -0.1) is 0 Å². The Labute approximate surface area is 109 Å². The van der Waals surface area contributed by atoms with Gasteiger partial charge in [-0.2, -0.15) is 0 Å². The van der Waals surface area contributed by atoms with Crippen LogP contribution in [0.5, 0.6) is 5.75 Å². The van der Waals surface area contributed by atoms with Crippen molar-refractivity contribution in [3.8, 4) is 5.75 Å². The largest absolute Gasteiger partial charge is 0.493 e. The van der Waals surface area contributed by atoms with E-state index in [-0.39, 0.29) is 0 Å². The van der Waals surface area contributed by atoms with Gasteiger partial charge in [0.15, 0.2) is 0 Å². The lowest BCUT2D eigenvalue weighted by atomic mass is 9.93. The minimum atomic E-state index is 0.566. The molecular formula is C15H22N2O. The van der Waals surface area contributed by atoms with Crippen molar-refractivity contribution >= 4 is 5.69 Å². The molecule has 2 heterocycles. The zero-order chi connectivity index (χ0) is 12.5. The first-order valence-electron chi connectivity index (χ1n) is 6.92. The lowest BCUT2D eigenvalue weighted by molar-refractivity contribution is 0.306. The van der Waals surface area contributed by atoms with Gasteiger partial charge in [0.25, 0.3) is 0 Å². The Bertz CT molecular complexity index is 442. The molecule has 0 aromatic heterocycles. The molecule has 0 aliphatic carbocycles. The quantitative estimate of drug-likeness (QED) is 0.886. The van der Waals surface area contributed by atoms with Crippen LogP contribution in [0.15, 0.2) is 12.1 Å². The van der Waals surface area contributed by atoms with Gasteiger partial charge in [0.05, 0.1) is 6.61 Å². The van der Waals surface area contributed by atoms with Gasteiger partial charge in [0, 0.05) is 23.7 Å². The number of ether oxygens (including phenoxy) is 1. The van der Waals surface area contributed by atoms with Crippen molar-refractivity contribution in [3.63, 3.8) is 0 Å². The molecule has 0 bridgehead atoms. The molecule has 1 aromatic rings. The van der Waals surface area contributed by atoms with E-state index < -0.39 is 0 Å². The lowest BCUT2D eigenvalue weighted by Gasteiger charge is -2.20. The van der Waals surface area contributed by atoms with E-state index in [4.69, 9.17) is 4.74 Å². The second-order valence-corrected chi connectivity index (χ2v) is 5.68. The van der Waals surface area contributed by atoms with Crippen molar-refractivity contribution < 1.29 is 4.74 Å². The molecule has 98 valence electrons. The maximum Gasteiger partial charge on any atom is 0.123 e. The second kappa shape index (κ2) is 4.81.